The summed E-state index contributed by atoms with van der Waals surface area (Å²) in [6.45, 7) is 0. The Morgan fingerprint density at radius 3 is 2.47 bits per heavy atom. The van der Waals surface area contributed by atoms with Crippen LogP contribution in [-0.4, -0.2) is 10.6 Å². The summed E-state index contributed by atoms with van der Waals surface area (Å²) in [4.78, 5) is 0.0637. The fraction of sp³-hybridized carbons (Fsp3) is 0.538. The molecular weight excluding hydrogens is 275 g/mol. The molecule has 0 spiro atoms. The highest BCUT2D eigenvalue weighted by atomic mass is 32.2. The largest absolute Gasteiger partial charge is 0.508 e. The lowest BCUT2D eigenvalue weighted by molar-refractivity contribution is -0.0328. The number of halogens is 3. The minimum Gasteiger partial charge on any atom is -0.508 e. The van der Waals surface area contributed by atoms with Gasteiger partial charge in [0, 0.05) is 16.5 Å². The molecule has 1 aromatic carbocycles. The molecule has 0 aliphatic heterocycles. The Hall–Kier alpha value is -0.880. The first-order valence-electron chi connectivity index (χ1n) is 6.21. The van der Waals surface area contributed by atoms with Gasteiger partial charge in [-0.15, -0.1) is 0 Å². The highest BCUT2D eigenvalue weighted by Crippen LogP contribution is 2.41. The Kier molecular flexibility index (Phi) is 4.30. The maximum atomic E-state index is 12.3. The first-order chi connectivity index (χ1) is 8.87. The number of thioether (sulfide) groups is 1. The van der Waals surface area contributed by atoms with Gasteiger partial charge in [-0.1, -0.05) is 12.8 Å². The van der Waals surface area contributed by atoms with Gasteiger partial charge in [-0.25, -0.2) is 0 Å². The molecule has 0 unspecified atom stereocenters. The van der Waals surface area contributed by atoms with E-state index in [9.17, 15) is 18.3 Å². The van der Waals surface area contributed by atoms with Crippen LogP contribution in [-0.2, 0) is 0 Å². The molecule has 6 heteroatoms. The van der Waals surface area contributed by atoms with Crippen molar-refractivity contribution in [1.29, 1.82) is 0 Å². The Morgan fingerprint density at radius 1 is 1.26 bits per heavy atom. The van der Waals surface area contributed by atoms with Crippen molar-refractivity contribution in [2.75, 3.05) is 0 Å². The van der Waals surface area contributed by atoms with Crippen LogP contribution >= 0.6 is 11.8 Å². The van der Waals surface area contributed by atoms with Gasteiger partial charge in [0.05, 0.1) is 0 Å². The van der Waals surface area contributed by atoms with Crippen LogP contribution in [0.15, 0.2) is 23.1 Å². The van der Waals surface area contributed by atoms with E-state index in [2.05, 4.69) is 0 Å². The van der Waals surface area contributed by atoms with Gasteiger partial charge in [0.1, 0.15) is 5.75 Å². The van der Waals surface area contributed by atoms with Gasteiger partial charge in [-0.2, -0.15) is 13.2 Å². The van der Waals surface area contributed by atoms with Gasteiger partial charge in [0.2, 0.25) is 0 Å². The fourth-order valence-electron chi connectivity index (χ4n) is 2.57. The number of hydrogen-bond acceptors (Lipinski definition) is 3. The molecule has 0 heterocycles. The van der Waals surface area contributed by atoms with Crippen molar-refractivity contribution in [3.63, 3.8) is 0 Å². The number of phenolic OH excluding ortho intramolecular Hbond substituents is 1. The lowest BCUT2D eigenvalue weighted by Crippen LogP contribution is -2.19. The Balaban J connectivity index is 2.21. The highest BCUT2D eigenvalue weighted by Gasteiger charge is 2.30. The fourth-order valence-corrected chi connectivity index (χ4v) is 3.16. The van der Waals surface area contributed by atoms with Crippen molar-refractivity contribution in [1.82, 2.24) is 0 Å². The third-order valence-corrected chi connectivity index (χ3v) is 4.22. The van der Waals surface area contributed by atoms with Gasteiger partial charge in [0.25, 0.3) is 0 Å². The number of hydrogen-bond donors (Lipinski definition) is 2. The van der Waals surface area contributed by atoms with E-state index in [4.69, 9.17) is 5.73 Å². The van der Waals surface area contributed by atoms with E-state index in [1.165, 1.54) is 18.2 Å². The topological polar surface area (TPSA) is 46.2 Å². The molecule has 2 rings (SSSR count). The van der Waals surface area contributed by atoms with E-state index in [1.54, 1.807) is 0 Å². The molecule has 1 saturated carbocycles. The van der Waals surface area contributed by atoms with Gasteiger partial charge in [-0.3, -0.25) is 0 Å². The van der Waals surface area contributed by atoms with Crippen LogP contribution < -0.4 is 5.73 Å². The summed E-state index contributed by atoms with van der Waals surface area (Å²) < 4.78 is 37.0. The molecule has 0 aromatic heterocycles. The second-order valence-electron chi connectivity index (χ2n) is 4.84. The van der Waals surface area contributed by atoms with Crippen molar-refractivity contribution in [3.05, 3.63) is 23.8 Å². The Bertz CT molecular complexity index is 444. The van der Waals surface area contributed by atoms with E-state index >= 15 is 0 Å². The lowest BCUT2D eigenvalue weighted by atomic mass is 9.92. The number of benzene rings is 1. The lowest BCUT2D eigenvalue weighted by Gasteiger charge is -2.21. The van der Waals surface area contributed by atoms with Crippen LogP contribution in [0.4, 0.5) is 13.2 Å². The highest BCUT2D eigenvalue weighted by molar-refractivity contribution is 8.00. The molecule has 106 valence electrons. The predicted molar refractivity (Wildman–Crippen MR) is 68.9 cm³/mol. The average molecular weight is 291 g/mol. The van der Waals surface area contributed by atoms with Crippen molar-refractivity contribution in [2.24, 2.45) is 11.7 Å². The molecule has 1 aromatic rings. The van der Waals surface area contributed by atoms with Crippen LogP contribution in [0.3, 0.4) is 0 Å². The SMILES string of the molecule is N[C@@H](c1cc(SC(F)(F)F)ccc1O)C1CCCC1. The van der Waals surface area contributed by atoms with Gasteiger partial charge < -0.3 is 10.8 Å². The molecule has 1 fully saturated rings. The maximum absolute atomic E-state index is 12.3. The second-order valence-corrected chi connectivity index (χ2v) is 5.98. The Morgan fingerprint density at radius 2 is 1.89 bits per heavy atom. The number of nitrogens with two attached hydrogens (primary N) is 1. The van der Waals surface area contributed by atoms with E-state index in [0.717, 1.165) is 25.7 Å². The molecule has 1 aliphatic rings. The average Bonchev–Trinajstić information content (AvgIpc) is 2.82. The van der Waals surface area contributed by atoms with Crippen LogP contribution in [0.2, 0.25) is 0 Å². The van der Waals surface area contributed by atoms with Crippen molar-refractivity contribution < 1.29 is 18.3 Å². The first kappa shape index (κ1) is 14.5. The zero-order valence-corrected chi connectivity index (χ0v) is 11.1. The molecule has 0 amide bonds. The minimum atomic E-state index is -4.33. The molecule has 0 bridgehead atoms. The molecule has 0 saturated heterocycles. The third kappa shape index (κ3) is 3.79. The zero-order chi connectivity index (χ0) is 14.0. The van der Waals surface area contributed by atoms with E-state index < -0.39 is 11.6 Å². The molecule has 0 radical (unpaired) electrons. The maximum Gasteiger partial charge on any atom is 0.446 e. The summed E-state index contributed by atoms with van der Waals surface area (Å²) >= 11 is -0.183. The summed E-state index contributed by atoms with van der Waals surface area (Å²) in [5.41, 5.74) is 2.17. The molecule has 1 aliphatic carbocycles. The number of aromatic hydroxyl groups is 1. The first-order valence-corrected chi connectivity index (χ1v) is 7.03. The molecule has 19 heavy (non-hydrogen) atoms. The van der Waals surface area contributed by atoms with Crippen LogP contribution in [0, 0.1) is 5.92 Å². The quantitative estimate of drug-likeness (QED) is 0.821. The summed E-state index contributed by atoms with van der Waals surface area (Å²) in [6, 6.07) is 3.52. The van der Waals surface area contributed by atoms with Crippen LogP contribution in [0.5, 0.6) is 5.75 Å². The predicted octanol–water partition coefficient (Wildman–Crippen LogP) is 4.19. The van der Waals surface area contributed by atoms with Gasteiger partial charge in [-0.05, 0) is 48.7 Å². The summed E-state index contributed by atoms with van der Waals surface area (Å²) in [5.74, 6) is 0.225. The molecule has 2 nitrogen and oxygen atoms in total. The third-order valence-electron chi connectivity index (χ3n) is 3.50. The number of phenols is 1. The van der Waals surface area contributed by atoms with Crippen LogP contribution in [0.25, 0.3) is 0 Å². The van der Waals surface area contributed by atoms with E-state index in [-0.39, 0.29) is 28.3 Å². The summed E-state index contributed by atoms with van der Waals surface area (Å²) in [5, 5.41) is 9.79. The molecule has 3 N–H and O–H groups in total. The minimum absolute atomic E-state index is 0.0223. The zero-order valence-electron chi connectivity index (χ0n) is 10.3. The van der Waals surface area contributed by atoms with Crippen molar-refractivity contribution in [3.8, 4) is 5.75 Å². The molecular formula is C13H16F3NOS. The number of alkyl halides is 3. The second kappa shape index (κ2) is 5.63. The normalized spacial score (nSPS) is 18.7. The molecule has 1 atom stereocenters. The standard InChI is InChI=1S/C13H16F3NOS/c14-13(15,16)19-9-5-6-11(18)10(7-9)12(17)8-3-1-2-4-8/h5-8,12,18H,1-4,17H2/t12-/m1/s1. The number of rotatable bonds is 3. The van der Waals surface area contributed by atoms with E-state index in [0.29, 0.717) is 5.56 Å². The Labute approximate surface area is 114 Å². The van der Waals surface area contributed by atoms with Gasteiger partial charge in [0.15, 0.2) is 0 Å². The van der Waals surface area contributed by atoms with Crippen LogP contribution in [0.1, 0.15) is 37.3 Å². The summed E-state index contributed by atoms with van der Waals surface area (Å²) in [6.07, 6.45) is 4.13. The smallest absolute Gasteiger partial charge is 0.446 e. The van der Waals surface area contributed by atoms with Crippen molar-refractivity contribution in [2.45, 2.75) is 42.1 Å². The van der Waals surface area contributed by atoms with Gasteiger partial charge >= 0.3 is 5.51 Å². The van der Waals surface area contributed by atoms with E-state index in [1.807, 2.05) is 0 Å². The van der Waals surface area contributed by atoms with Crippen molar-refractivity contribution >= 4 is 11.8 Å². The monoisotopic (exact) mass is 291 g/mol. The summed E-state index contributed by atoms with van der Waals surface area (Å²) in [7, 11) is 0.